The fraction of sp³-hybridized carbons (Fsp3) is 0.850. The minimum atomic E-state index is -0.465. The van der Waals surface area contributed by atoms with Crippen molar-refractivity contribution in [3.63, 3.8) is 0 Å². The average Bonchev–Trinajstić information content (AvgIpc) is 2.47. The average molecular weight is 390 g/mol. The van der Waals surface area contributed by atoms with E-state index in [1.165, 1.54) is 51.4 Å². The minimum Gasteiger partial charge on any atom is -0.344 e. The Morgan fingerprint density at radius 1 is 0.957 bits per heavy atom. The van der Waals surface area contributed by atoms with E-state index < -0.39 is 4.32 Å². The van der Waals surface area contributed by atoms with Gasteiger partial charge < -0.3 is 6.15 Å². The van der Waals surface area contributed by atoms with Gasteiger partial charge in [-0.1, -0.05) is 102 Å². The Hall–Kier alpha value is -0.150. The van der Waals surface area contributed by atoms with Crippen LogP contribution in [0.1, 0.15) is 98.8 Å². The van der Waals surface area contributed by atoms with E-state index in [1.54, 1.807) is 0 Å². The number of allylic oxidation sites excluding steroid dienone is 1. The van der Waals surface area contributed by atoms with Crippen LogP contribution in [0.15, 0.2) is 12.2 Å². The van der Waals surface area contributed by atoms with Crippen molar-refractivity contribution in [2.24, 2.45) is 5.41 Å². The third kappa shape index (κ3) is 7.98. The van der Waals surface area contributed by atoms with Gasteiger partial charge in [0.05, 0.1) is 4.32 Å². The van der Waals surface area contributed by atoms with Gasteiger partial charge >= 0.3 is 0 Å². The minimum absolute atomic E-state index is 0. The number of carbonyl (C=O) groups excluding carboxylic acids is 1. The first-order chi connectivity index (χ1) is 10.2. The fourth-order valence-electron chi connectivity index (χ4n) is 3.18. The van der Waals surface area contributed by atoms with Crippen LogP contribution in [0.4, 0.5) is 0 Å². The van der Waals surface area contributed by atoms with Crippen LogP contribution in [0, 0.1) is 5.41 Å². The van der Waals surface area contributed by atoms with Crippen molar-refractivity contribution in [2.75, 3.05) is 0 Å². The van der Waals surface area contributed by atoms with Gasteiger partial charge in [-0.05, 0) is 30.8 Å². The predicted molar refractivity (Wildman–Crippen MR) is 108 cm³/mol. The first-order valence-electron chi connectivity index (χ1n) is 9.12. The van der Waals surface area contributed by atoms with Crippen molar-refractivity contribution in [1.82, 2.24) is 6.15 Å². The molecule has 0 bridgehead atoms. The Bertz CT molecular complexity index is 352. The molecular formula is C20H40BrNO. The number of alkyl halides is 1. The number of ketones is 1. The second-order valence-electron chi connectivity index (χ2n) is 7.37. The molecule has 3 N–H and O–H groups in total. The number of rotatable bonds is 13. The zero-order valence-corrected chi connectivity index (χ0v) is 17.9. The summed E-state index contributed by atoms with van der Waals surface area (Å²) in [7, 11) is 0. The molecule has 3 heteroatoms. The van der Waals surface area contributed by atoms with Gasteiger partial charge in [0.25, 0.3) is 0 Å². The van der Waals surface area contributed by atoms with E-state index in [4.69, 9.17) is 0 Å². The summed E-state index contributed by atoms with van der Waals surface area (Å²) in [5, 5.41) is 0. The summed E-state index contributed by atoms with van der Waals surface area (Å²) in [6.45, 7) is 14.4. The van der Waals surface area contributed by atoms with Gasteiger partial charge in [0.2, 0.25) is 0 Å². The molecule has 0 radical (unpaired) electrons. The highest BCUT2D eigenvalue weighted by molar-refractivity contribution is 9.10. The van der Waals surface area contributed by atoms with E-state index in [1.807, 2.05) is 6.92 Å². The SMILES string of the molecule is C=C(C)C(=O)C(Br)(CC)C(C)(C)CCCCCCCCCC.N. The summed E-state index contributed by atoms with van der Waals surface area (Å²) in [5.74, 6) is 0.166. The van der Waals surface area contributed by atoms with Crippen molar-refractivity contribution < 1.29 is 4.79 Å². The second kappa shape index (κ2) is 12.2. The molecule has 0 aromatic carbocycles. The zero-order valence-electron chi connectivity index (χ0n) is 16.3. The Labute approximate surface area is 153 Å². The first kappa shape index (κ1) is 25.1. The highest BCUT2D eigenvalue weighted by Gasteiger charge is 2.46. The molecular weight excluding hydrogens is 350 g/mol. The van der Waals surface area contributed by atoms with Crippen LogP contribution in [-0.2, 0) is 4.79 Å². The maximum Gasteiger partial charge on any atom is 0.175 e. The monoisotopic (exact) mass is 389 g/mol. The van der Waals surface area contributed by atoms with Crippen molar-refractivity contribution in [2.45, 2.75) is 103 Å². The Balaban J connectivity index is 0. The van der Waals surface area contributed by atoms with Crippen LogP contribution >= 0.6 is 15.9 Å². The molecule has 0 saturated heterocycles. The maximum absolute atomic E-state index is 12.5. The second-order valence-corrected chi connectivity index (χ2v) is 8.73. The first-order valence-corrected chi connectivity index (χ1v) is 9.91. The molecule has 0 amide bonds. The molecule has 0 saturated carbocycles. The standard InChI is InChI=1S/C20H37BrO.H3N/c1-7-9-10-11-12-13-14-15-16-19(5,6)20(21,8-2)18(22)17(3)4;/h3,7-16H2,1-2,4-6H3;1H3. The maximum atomic E-state index is 12.5. The molecule has 0 rings (SSSR count). The number of carbonyl (C=O) groups is 1. The molecule has 23 heavy (non-hydrogen) atoms. The summed E-state index contributed by atoms with van der Waals surface area (Å²) >= 11 is 3.77. The number of unbranched alkanes of at least 4 members (excludes halogenated alkanes) is 7. The molecule has 1 atom stereocenters. The smallest absolute Gasteiger partial charge is 0.175 e. The van der Waals surface area contributed by atoms with Crippen LogP contribution in [0.2, 0.25) is 0 Å². The predicted octanol–water partition coefficient (Wildman–Crippen LogP) is 7.39. The van der Waals surface area contributed by atoms with Crippen molar-refractivity contribution in [3.8, 4) is 0 Å². The molecule has 2 nitrogen and oxygen atoms in total. The third-order valence-electron chi connectivity index (χ3n) is 4.96. The van der Waals surface area contributed by atoms with Gasteiger partial charge in [-0.15, -0.1) is 0 Å². The lowest BCUT2D eigenvalue weighted by atomic mass is 9.70. The van der Waals surface area contributed by atoms with Crippen LogP contribution in [0.5, 0.6) is 0 Å². The molecule has 0 fully saturated rings. The van der Waals surface area contributed by atoms with Crippen LogP contribution in [0.25, 0.3) is 0 Å². The molecule has 0 aromatic rings. The van der Waals surface area contributed by atoms with Gasteiger partial charge in [-0.25, -0.2) is 0 Å². The largest absolute Gasteiger partial charge is 0.344 e. The molecule has 138 valence electrons. The Morgan fingerprint density at radius 3 is 1.78 bits per heavy atom. The Kier molecular flexibility index (Phi) is 13.4. The van der Waals surface area contributed by atoms with Gasteiger partial charge in [0, 0.05) is 0 Å². The van der Waals surface area contributed by atoms with Gasteiger partial charge in [0.1, 0.15) is 0 Å². The van der Waals surface area contributed by atoms with E-state index in [2.05, 4.69) is 50.2 Å². The molecule has 0 heterocycles. The van der Waals surface area contributed by atoms with Gasteiger partial charge in [-0.3, -0.25) is 4.79 Å². The lowest BCUT2D eigenvalue weighted by Gasteiger charge is -2.41. The van der Waals surface area contributed by atoms with Crippen molar-refractivity contribution >= 4 is 21.7 Å². The Morgan fingerprint density at radius 2 is 1.39 bits per heavy atom. The fourth-order valence-corrected chi connectivity index (χ4v) is 3.72. The highest BCUT2D eigenvalue weighted by Crippen LogP contribution is 2.46. The lowest BCUT2D eigenvalue weighted by Crippen LogP contribution is -2.46. The summed E-state index contributed by atoms with van der Waals surface area (Å²) in [6.07, 6.45) is 12.5. The van der Waals surface area contributed by atoms with E-state index in [0.29, 0.717) is 5.57 Å². The molecule has 1 unspecified atom stereocenters. The van der Waals surface area contributed by atoms with Crippen LogP contribution < -0.4 is 6.15 Å². The molecule has 0 aliphatic carbocycles. The molecule has 0 spiro atoms. The van der Waals surface area contributed by atoms with E-state index in [-0.39, 0.29) is 17.3 Å². The quantitative estimate of drug-likeness (QED) is 0.202. The zero-order chi connectivity index (χ0) is 17.2. The van der Waals surface area contributed by atoms with E-state index in [0.717, 1.165) is 12.8 Å². The summed E-state index contributed by atoms with van der Waals surface area (Å²) < 4.78 is -0.465. The number of hydrogen-bond acceptors (Lipinski definition) is 2. The van der Waals surface area contributed by atoms with Crippen LogP contribution in [0.3, 0.4) is 0 Å². The van der Waals surface area contributed by atoms with E-state index >= 15 is 0 Å². The normalized spacial score (nSPS) is 14.0. The summed E-state index contributed by atoms with van der Waals surface area (Å²) in [6, 6.07) is 0. The molecule has 0 aromatic heterocycles. The molecule has 0 aliphatic rings. The third-order valence-corrected chi connectivity index (χ3v) is 6.96. The highest BCUT2D eigenvalue weighted by atomic mass is 79.9. The van der Waals surface area contributed by atoms with Crippen molar-refractivity contribution in [1.29, 1.82) is 0 Å². The summed E-state index contributed by atoms with van der Waals surface area (Å²) in [4.78, 5) is 12.5. The number of Topliss-reactive ketones (excluding diaryl/α,β-unsaturated/α-hetero) is 1. The van der Waals surface area contributed by atoms with Crippen LogP contribution in [-0.4, -0.2) is 10.1 Å². The van der Waals surface area contributed by atoms with Gasteiger partial charge in [0.15, 0.2) is 5.78 Å². The number of halogens is 1. The summed E-state index contributed by atoms with van der Waals surface area (Å²) in [5.41, 5.74) is 0.614. The lowest BCUT2D eigenvalue weighted by molar-refractivity contribution is -0.120. The number of hydrogen-bond donors (Lipinski definition) is 1. The molecule has 0 aliphatic heterocycles. The van der Waals surface area contributed by atoms with Crippen molar-refractivity contribution in [3.05, 3.63) is 12.2 Å². The van der Waals surface area contributed by atoms with Gasteiger partial charge in [-0.2, -0.15) is 0 Å². The van der Waals surface area contributed by atoms with E-state index in [9.17, 15) is 4.79 Å². The topological polar surface area (TPSA) is 52.1 Å².